The Morgan fingerprint density at radius 2 is 1.95 bits per heavy atom. The highest BCUT2D eigenvalue weighted by Crippen LogP contribution is 2.28. The number of ether oxygens (including phenoxy) is 2. The van der Waals surface area contributed by atoms with Crippen molar-refractivity contribution in [2.45, 2.75) is 32.2 Å². The first-order chi connectivity index (χ1) is 8.86. The van der Waals surface area contributed by atoms with Crippen molar-refractivity contribution in [1.82, 2.24) is 0 Å². The standard InChI is InChI=1S/C12H16O7/c1-6(14)18-5-9-8(4-13)3-10(16)11(17)12(9)19-7(2)15/h3-4,9-12,16-17H,5H2,1-2H3/t9-,10-,11-,12-/m1/s1. The molecule has 0 aliphatic heterocycles. The van der Waals surface area contributed by atoms with E-state index in [2.05, 4.69) is 0 Å². The lowest BCUT2D eigenvalue weighted by molar-refractivity contribution is -0.165. The van der Waals surface area contributed by atoms with E-state index in [4.69, 9.17) is 9.47 Å². The first-order valence-corrected chi connectivity index (χ1v) is 5.70. The summed E-state index contributed by atoms with van der Waals surface area (Å²) >= 11 is 0. The van der Waals surface area contributed by atoms with Crippen LogP contribution in [0.25, 0.3) is 0 Å². The van der Waals surface area contributed by atoms with Gasteiger partial charge in [0.1, 0.15) is 31.2 Å². The molecule has 0 radical (unpaired) electrons. The maximum Gasteiger partial charge on any atom is 0.303 e. The van der Waals surface area contributed by atoms with Gasteiger partial charge in [0.2, 0.25) is 0 Å². The van der Waals surface area contributed by atoms with Crippen molar-refractivity contribution < 1.29 is 34.1 Å². The molecule has 0 unspecified atom stereocenters. The molecule has 0 aromatic carbocycles. The van der Waals surface area contributed by atoms with Crippen LogP contribution in [0.2, 0.25) is 0 Å². The third kappa shape index (κ3) is 3.87. The zero-order chi connectivity index (χ0) is 14.6. The van der Waals surface area contributed by atoms with E-state index < -0.39 is 36.2 Å². The average molecular weight is 272 g/mol. The Morgan fingerprint density at radius 3 is 2.42 bits per heavy atom. The Labute approximate surface area is 109 Å². The Bertz CT molecular complexity index is 401. The molecule has 0 saturated carbocycles. The van der Waals surface area contributed by atoms with Crippen LogP contribution < -0.4 is 0 Å². The highest BCUT2D eigenvalue weighted by Gasteiger charge is 2.41. The third-order valence-electron chi connectivity index (χ3n) is 2.78. The molecular formula is C12H16O7. The minimum atomic E-state index is -1.38. The number of carbonyl (C=O) groups is 3. The third-order valence-corrected chi connectivity index (χ3v) is 2.78. The number of carbonyl (C=O) groups excluding carboxylic acids is 3. The molecule has 0 aromatic rings. The van der Waals surface area contributed by atoms with E-state index >= 15 is 0 Å². The van der Waals surface area contributed by atoms with Crippen LogP contribution in [0.3, 0.4) is 0 Å². The van der Waals surface area contributed by atoms with Gasteiger partial charge in [-0.15, -0.1) is 0 Å². The molecule has 0 spiro atoms. The maximum atomic E-state index is 11.0. The van der Waals surface area contributed by atoms with Gasteiger partial charge >= 0.3 is 11.9 Å². The summed E-state index contributed by atoms with van der Waals surface area (Å²) in [6.45, 7) is 2.11. The van der Waals surface area contributed by atoms with Crippen LogP contribution >= 0.6 is 0 Å². The van der Waals surface area contributed by atoms with Gasteiger partial charge in [0, 0.05) is 19.4 Å². The second kappa shape index (κ2) is 6.44. The SMILES string of the molecule is CC(=O)OC[C@@H]1C(C=O)=C[C@@H](O)[C@@H](O)[C@@H]1OC(C)=O. The Morgan fingerprint density at radius 1 is 1.32 bits per heavy atom. The van der Waals surface area contributed by atoms with Gasteiger partial charge in [-0.05, 0) is 6.08 Å². The van der Waals surface area contributed by atoms with E-state index in [1.54, 1.807) is 0 Å². The molecule has 1 aliphatic rings. The molecule has 0 aromatic heterocycles. The highest BCUT2D eigenvalue weighted by molar-refractivity contribution is 5.75. The van der Waals surface area contributed by atoms with Crippen LogP contribution in [0.1, 0.15) is 13.8 Å². The lowest BCUT2D eigenvalue weighted by atomic mass is 9.83. The predicted octanol–water partition coefficient (Wildman–Crippen LogP) is -1.04. The summed E-state index contributed by atoms with van der Waals surface area (Å²) in [5, 5.41) is 19.4. The van der Waals surface area contributed by atoms with E-state index in [1.165, 1.54) is 6.92 Å². The molecule has 1 aliphatic carbocycles. The Hall–Kier alpha value is -1.73. The lowest BCUT2D eigenvalue weighted by Gasteiger charge is -2.35. The Balaban J connectivity index is 2.98. The van der Waals surface area contributed by atoms with Crippen molar-refractivity contribution in [3.63, 3.8) is 0 Å². The van der Waals surface area contributed by atoms with Crippen LogP contribution in [0, 0.1) is 5.92 Å². The minimum Gasteiger partial charge on any atom is -0.465 e. The zero-order valence-corrected chi connectivity index (χ0v) is 10.6. The van der Waals surface area contributed by atoms with Gasteiger partial charge in [-0.25, -0.2) is 0 Å². The fraction of sp³-hybridized carbons (Fsp3) is 0.583. The van der Waals surface area contributed by atoms with Crippen molar-refractivity contribution >= 4 is 18.2 Å². The van der Waals surface area contributed by atoms with E-state index in [0.717, 1.165) is 13.0 Å². The van der Waals surface area contributed by atoms with Gasteiger partial charge in [0.05, 0.1) is 5.92 Å². The second-order valence-electron chi connectivity index (χ2n) is 4.25. The smallest absolute Gasteiger partial charge is 0.303 e. The number of esters is 2. The number of hydrogen-bond donors (Lipinski definition) is 2. The van der Waals surface area contributed by atoms with Crippen LogP contribution in [0.15, 0.2) is 11.6 Å². The summed E-state index contributed by atoms with van der Waals surface area (Å²) in [6.07, 6.45) is -2.21. The molecular weight excluding hydrogens is 256 g/mol. The molecule has 0 saturated heterocycles. The van der Waals surface area contributed by atoms with E-state index in [0.29, 0.717) is 6.29 Å². The van der Waals surface area contributed by atoms with Gasteiger partial charge in [-0.3, -0.25) is 14.4 Å². The normalized spacial score (nSPS) is 30.2. The summed E-state index contributed by atoms with van der Waals surface area (Å²) in [4.78, 5) is 32.8. The van der Waals surface area contributed by atoms with E-state index in [1.807, 2.05) is 0 Å². The summed E-state index contributed by atoms with van der Waals surface area (Å²) in [5.41, 5.74) is 0.116. The summed E-state index contributed by atoms with van der Waals surface area (Å²) in [5.74, 6) is -2.03. The number of aliphatic hydroxyl groups is 2. The largest absolute Gasteiger partial charge is 0.465 e. The molecule has 106 valence electrons. The van der Waals surface area contributed by atoms with Crippen molar-refractivity contribution in [3.05, 3.63) is 11.6 Å². The fourth-order valence-electron chi connectivity index (χ4n) is 1.91. The summed E-state index contributed by atoms with van der Waals surface area (Å²) < 4.78 is 9.70. The molecule has 7 heteroatoms. The molecule has 4 atom stereocenters. The molecule has 19 heavy (non-hydrogen) atoms. The van der Waals surface area contributed by atoms with Gasteiger partial charge in [-0.2, -0.15) is 0 Å². The van der Waals surface area contributed by atoms with Crippen LogP contribution in [0.5, 0.6) is 0 Å². The highest BCUT2D eigenvalue weighted by atomic mass is 16.6. The number of aldehydes is 1. The zero-order valence-electron chi connectivity index (χ0n) is 10.6. The topological polar surface area (TPSA) is 110 Å². The first-order valence-electron chi connectivity index (χ1n) is 5.70. The summed E-state index contributed by atoms with van der Waals surface area (Å²) in [7, 11) is 0. The van der Waals surface area contributed by atoms with Crippen molar-refractivity contribution in [1.29, 1.82) is 0 Å². The first kappa shape index (κ1) is 15.3. The lowest BCUT2D eigenvalue weighted by Crippen LogP contribution is -2.49. The average Bonchev–Trinajstić information content (AvgIpc) is 2.32. The second-order valence-corrected chi connectivity index (χ2v) is 4.25. The van der Waals surface area contributed by atoms with Crippen molar-refractivity contribution in [2.75, 3.05) is 6.61 Å². The number of aliphatic hydroxyl groups excluding tert-OH is 2. The Kier molecular flexibility index (Phi) is 5.20. The van der Waals surface area contributed by atoms with Gasteiger partial charge in [0.15, 0.2) is 0 Å². The molecule has 0 amide bonds. The maximum absolute atomic E-state index is 11.0. The van der Waals surface area contributed by atoms with Crippen molar-refractivity contribution in [2.24, 2.45) is 5.92 Å². The molecule has 7 nitrogen and oxygen atoms in total. The molecule has 0 fully saturated rings. The predicted molar refractivity (Wildman–Crippen MR) is 61.8 cm³/mol. The molecule has 1 rings (SSSR count). The van der Waals surface area contributed by atoms with E-state index in [9.17, 15) is 24.6 Å². The van der Waals surface area contributed by atoms with Crippen LogP contribution in [0.4, 0.5) is 0 Å². The molecule has 0 bridgehead atoms. The molecule has 2 N–H and O–H groups in total. The number of rotatable bonds is 4. The van der Waals surface area contributed by atoms with Crippen LogP contribution in [-0.2, 0) is 23.9 Å². The van der Waals surface area contributed by atoms with Gasteiger partial charge in [0.25, 0.3) is 0 Å². The minimum absolute atomic E-state index is 0.116. The monoisotopic (exact) mass is 272 g/mol. The summed E-state index contributed by atoms with van der Waals surface area (Å²) in [6, 6.07) is 0. The van der Waals surface area contributed by atoms with Gasteiger partial charge in [-0.1, -0.05) is 0 Å². The molecule has 0 heterocycles. The van der Waals surface area contributed by atoms with E-state index in [-0.39, 0.29) is 12.2 Å². The number of hydrogen-bond acceptors (Lipinski definition) is 7. The fourth-order valence-corrected chi connectivity index (χ4v) is 1.91. The van der Waals surface area contributed by atoms with Crippen LogP contribution in [-0.4, -0.2) is 53.4 Å². The van der Waals surface area contributed by atoms with Crippen molar-refractivity contribution in [3.8, 4) is 0 Å². The quantitative estimate of drug-likeness (QED) is 0.496. The van der Waals surface area contributed by atoms with Gasteiger partial charge < -0.3 is 19.7 Å².